The average molecular weight is 380 g/mol. The first-order valence-electron chi connectivity index (χ1n) is 9.68. The topological polar surface area (TPSA) is 78.7 Å². The van der Waals surface area contributed by atoms with Gasteiger partial charge in [-0.15, -0.1) is 0 Å². The van der Waals surface area contributed by atoms with Crippen LogP contribution in [0.3, 0.4) is 0 Å². The summed E-state index contributed by atoms with van der Waals surface area (Å²) in [5.74, 6) is -0.541. The average Bonchev–Trinajstić information content (AvgIpc) is 2.87. The molecule has 0 fully saturated rings. The highest BCUT2D eigenvalue weighted by atomic mass is 16.5. The first-order chi connectivity index (χ1) is 13.5. The second-order valence-electron chi connectivity index (χ2n) is 7.17. The summed E-state index contributed by atoms with van der Waals surface area (Å²) in [6, 6.07) is 1.74. The highest BCUT2D eigenvalue weighted by molar-refractivity contribution is 5.95. The molecule has 1 aliphatic rings. The number of carbonyl (C=O) groups excluding carboxylic acids is 1. The molecule has 1 amide bonds. The van der Waals surface area contributed by atoms with Gasteiger partial charge in [-0.05, 0) is 57.2 Å². The van der Waals surface area contributed by atoms with Crippen molar-refractivity contribution in [2.24, 2.45) is 0 Å². The molecule has 6 heteroatoms. The van der Waals surface area contributed by atoms with Crippen LogP contribution in [0, 0.1) is 13.8 Å². The predicted molar refractivity (Wildman–Crippen MR) is 112 cm³/mol. The van der Waals surface area contributed by atoms with Crippen molar-refractivity contribution in [3.05, 3.63) is 64.2 Å². The molecule has 3 N–H and O–H groups in total. The number of hydrogen-bond donors (Lipinski definition) is 3. The van der Waals surface area contributed by atoms with Crippen molar-refractivity contribution in [3.8, 4) is 0 Å². The van der Waals surface area contributed by atoms with Crippen LogP contribution in [0.2, 0.25) is 0 Å². The van der Waals surface area contributed by atoms with E-state index in [1.54, 1.807) is 17.7 Å². The number of hydrogen-bond acceptors (Lipinski definition) is 4. The summed E-state index contributed by atoms with van der Waals surface area (Å²) in [4.78, 5) is 16.6. The van der Waals surface area contributed by atoms with Crippen molar-refractivity contribution in [1.29, 1.82) is 0 Å². The Morgan fingerprint density at radius 1 is 1.32 bits per heavy atom. The maximum Gasteiger partial charge on any atom is 0.276 e. The van der Waals surface area contributed by atoms with Crippen LogP contribution in [0.4, 0.5) is 5.69 Å². The van der Waals surface area contributed by atoms with Crippen molar-refractivity contribution in [3.63, 3.8) is 0 Å². The summed E-state index contributed by atoms with van der Waals surface area (Å²) in [6.45, 7) is 9.02. The number of imidazole rings is 1. The number of fused-ring (bicyclic) bond motifs is 1. The minimum absolute atomic E-state index is 0.376. The molecule has 0 saturated carbocycles. The van der Waals surface area contributed by atoms with Crippen LogP contribution in [0.1, 0.15) is 54.9 Å². The van der Waals surface area contributed by atoms with E-state index < -0.39 is 5.91 Å². The zero-order chi connectivity index (χ0) is 20.3. The summed E-state index contributed by atoms with van der Waals surface area (Å²) >= 11 is 0. The highest BCUT2D eigenvalue weighted by Crippen LogP contribution is 2.27. The van der Waals surface area contributed by atoms with Gasteiger partial charge in [0.1, 0.15) is 0 Å². The van der Waals surface area contributed by atoms with Crippen molar-refractivity contribution in [1.82, 2.24) is 14.9 Å². The third-order valence-corrected chi connectivity index (χ3v) is 5.39. The molecule has 0 unspecified atom stereocenters. The Morgan fingerprint density at radius 2 is 2.11 bits per heavy atom. The summed E-state index contributed by atoms with van der Waals surface area (Å²) in [5.41, 5.74) is 9.70. The molecule has 1 aliphatic carbocycles. The van der Waals surface area contributed by atoms with E-state index in [-0.39, 0.29) is 0 Å². The summed E-state index contributed by atoms with van der Waals surface area (Å²) in [7, 11) is 0. The van der Waals surface area contributed by atoms with Gasteiger partial charge < -0.3 is 9.72 Å². The number of pyridine rings is 1. The predicted octanol–water partition coefficient (Wildman–Crippen LogP) is 4.48. The molecule has 0 saturated heterocycles. The summed E-state index contributed by atoms with van der Waals surface area (Å²) in [6.07, 6.45) is 11.1. The second kappa shape index (κ2) is 8.44. The number of rotatable bonds is 6. The van der Waals surface area contributed by atoms with Crippen LogP contribution >= 0.6 is 0 Å². The standard InChI is InChI=1S/C22H28N4O2/c1-5-17-9-7-6-8-14(2)19(17)10-11-23-20-12-18(22(27)25-28)13-26-16(4)15(3)24-21(20)26/h6-7,9,12-13,23,28H,5,8,10-11H2,1-4H3,(H,25,27). The lowest BCUT2D eigenvalue weighted by Gasteiger charge is -2.15. The van der Waals surface area contributed by atoms with E-state index in [9.17, 15) is 4.79 Å². The zero-order valence-electron chi connectivity index (χ0n) is 17.0. The molecule has 0 radical (unpaired) electrons. The first kappa shape index (κ1) is 19.9. The minimum Gasteiger partial charge on any atom is -0.382 e. The van der Waals surface area contributed by atoms with E-state index in [1.165, 1.54) is 16.7 Å². The van der Waals surface area contributed by atoms with Gasteiger partial charge in [0.25, 0.3) is 5.91 Å². The molecule has 148 valence electrons. The fourth-order valence-electron chi connectivity index (χ4n) is 3.64. The number of allylic oxidation sites excluding steroid dienone is 5. The van der Waals surface area contributed by atoms with Crippen LogP contribution in [0.5, 0.6) is 0 Å². The van der Waals surface area contributed by atoms with Crippen LogP contribution in [-0.4, -0.2) is 27.0 Å². The number of hydroxylamine groups is 1. The minimum atomic E-state index is -0.541. The molecule has 2 heterocycles. The molecule has 2 aromatic heterocycles. The monoisotopic (exact) mass is 380 g/mol. The van der Waals surface area contributed by atoms with Crippen molar-refractivity contribution >= 4 is 17.2 Å². The van der Waals surface area contributed by atoms with E-state index in [1.807, 2.05) is 18.2 Å². The molecule has 2 aromatic rings. The molecule has 0 aromatic carbocycles. The fourth-order valence-corrected chi connectivity index (χ4v) is 3.64. The van der Waals surface area contributed by atoms with E-state index in [0.29, 0.717) is 5.56 Å². The summed E-state index contributed by atoms with van der Waals surface area (Å²) in [5, 5.41) is 12.5. The lowest BCUT2D eigenvalue weighted by atomic mass is 9.95. The zero-order valence-corrected chi connectivity index (χ0v) is 17.0. The SMILES string of the molecule is CCC1=CC=CCC(C)=C1CCNc1cc(C(=O)NO)cn2c(C)c(C)nc12. The van der Waals surface area contributed by atoms with E-state index >= 15 is 0 Å². The number of nitrogens with zero attached hydrogens (tertiary/aromatic N) is 2. The Morgan fingerprint density at radius 3 is 2.82 bits per heavy atom. The lowest BCUT2D eigenvalue weighted by molar-refractivity contribution is 0.0706. The number of aryl methyl sites for hydroxylation is 2. The molecule has 0 bridgehead atoms. The normalized spacial score (nSPS) is 14.2. The number of carbonyl (C=O) groups is 1. The summed E-state index contributed by atoms with van der Waals surface area (Å²) < 4.78 is 1.89. The third kappa shape index (κ3) is 3.87. The van der Waals surface area contributed by atoms with Gasteiger partial charge in [0.05, 0.1) is 16.9 Å². The van der Waals surface area contributed by atoms with Gasteiger partial charge in [-0.1, -0.05) is 30.7 Å². The molecule has 0 spiro atoms. The van der Waals surface area contributed by atoms with E-state index in [4.69, 9.17) is 5.21 Å². The number of amides is 1. The van der Waals surface area contributed by atoms with Gasteiger partial charge in [-0.25, -0.2) is 10.5 Å². The van der Waals surface area contributed by atoms with Crippen LogP contribution in [-0.2, 0) is 0 Å². The van der Waals surface area contributed by atoms with Gasteiger partial charge >= 0.3 is 0 Å². The Bertz CT molecular complexity index is 996. The van der Waals surface area contributed by atoms with Gasteiger partial charge in [0, 0.05) is 18.4 Å². The maximum absolute atomic E-state index is 12.0. The van der Waals surface area contributed by atoms with Gasteiger partial charge in [0.15, 0.2) is 5.65 Å². The van der Waals surface area contributed by atoms with Crippen LogP contribution in [0.15, 0.2) is 47.2 Å². The third-order valence-electron chi connectivity index (χ3n) is 5.39. The molecule has 0 aliphatic heterocycles. The van der Waals surface area contributed by atoms with Crippen LogP contribution < -0.4 is 10.8 Å². The largest absolute Gasteiger partial charge is 0.382 e. The quantitative estimate of drug-likeness (QED) is 0.510. The van der Waals surface area contributed by atoms with Gasteiger partial charge in [0.2, 0.25) is 0 Å². The van der Waals surface area contributed by atoms with Crippen molar-refractivity contribution in [2.75, 3.05) is 11.9 Å². The second-order valence-corrected chi connectivity index (χ2v) is 7.17. The van der Waals surface area contributed by atoms with Gasteiger partial charge in [-0.2, -0.15) is 0 Å². The molecule has 3 rings (SSSR count). The van der Waals surface area contributed by atoms with Gasteiger partial charge in [-0.3, -0.25) is 10.0 Å². The smallest absolute Gasteiger partial charge is 0.276 e. The van der Waals surface area contributed by atoms with Crippen molar-refractivity contribution in [2.45, 2.75) is 47.0 Å². The maximum atomic E-state index is 12.0. The Labute approximate surface area is 165 Å². The van der Waals surface area contributed by atoms with Crippen molar-refractivity contribution < 1.29 is 10.0 Å². The number of nitrogens with one attached hydrogen (secondary N) is 2. The molecule has 0 atom stereocenters. The van der Waals surface area contributed by atoms with E-state index in [2.05, 4.69) is 42.4 Å². The molecule has 28 heavy (non-hydrogen) atoms. The van der Waals surface area contributed by atoms with Crippen LogP contribution in [0.25, 0.3) is 5.65 Å². The number of anilines is 1. The first-order valence-corrected chi connectivity index (χ1v) is 9.68. The molecule has 6 nitrogen and oxygen atoms in total. The highest BCUT2D eigenvalue weighted by Gasteiger charge is 2.15. The molecular formula is C22H28N4O2. The Kier molecular flexibility index (Phi) is 5.99. The fraction of sp³-hybridized carbons (Fsp3) is 0.364. The lowest BCUT2D eigenvalue weighted by Crippen LogP contribution is -2.19. The molecular weight excluding hydrogens is 352 g/mol. The van der Waals surface area contributed by atoms with E-state index in [0.717, 1.165) is 48.5 Å². The Balaban J connectivity index is 1.88. The Hall–Kier alpha value is -2.86. The number of aromatic nitrogens is 2.